The second-order valence-corrected chi connectivity index (χ2v) is 6.37. The topological polar surface area (TPSA) is 20.3 Å². The van der Waals surface area contributed by atoms with Crippen LogP contribution in [0.15, 0.2) is 6.07 Å². The second-order valence-electron chi connectivity index (χ2n) is 4.73. The molecule has 1 amide bonds. The number of thiophene rings is 1. The zero-order chi connectivity index (χ0) is 12.4. The lowest BCUT2D eigenvalue weighted by atomic mass is 10.1. The summed E-state index contributed by atoms with van der Waals surface area (Å²) < 4.78 is 0. The second kappa shape index (κ2) is 5.40. The minimum Gasteiger partial charge on any atom is -0.338 e. The molecule has 1 atom stereocenters. The van der Waals surface area contributed by atoms with E-state index in [1.165, 1.54) is 10.4 Å². The molecule has 2 heterocycles. The highest BCUT2D eigenvalue weighted by Gasteiger charge is 2.27. The molecule has 1 aromatic heterocycles. The summed E-state index contributed by atoms with van der Waals surface area (Å²) in [5, 5.41) is 0. The van der Waals surface area contributed by atoms with Crippen LogP contribution in [0, 0.1) is 19.8 Å². The van der Waals surface area contributed by atoms with Gasteiger partial charge in [0.05, 0.1) is 4.88 Å². The predicted octanol–water partition coefficient (Wildman–Crippen LogP) is 3.46. The lowest BCUT2D eigenvalue weighted by Gasteiger charge is -2.15. The molecule has 0 spiro atoms. The van der Waals surface area contributed by atoms with Crippen molar-refractivity contribution in [3.63, 3.8) is 0 Å². The Labute approximate surface area is 112 Å². The van der Waals surface area contributed by atoms with Crippen molar-refractivity contribution >= 4 is 28.8 Å². The Hall–Kier alpha value is -0.540. The van der Waals surface area contributed by atoms with Crippen LogP contribution >= 0.6 is 22.9 Å². The summed E-state index contributed by atoms with van der Waals surface area (Å²) in [4.78, 5) is 16.4. The highest BCUT2D eigenvalue weighted by atomic mass is 35.5. The molecular formula is C13H18ClNOS. The first-order valence-electron chi connectivity index (χ1n) is 6.04. The summed E-state index contributed by atoms with van der Waals surface area (Å²) >= 11 is 7.36. The van der Waals surface area contributed by atoms with Gasteiger partial charge in [-0.05, 0) is 44.2 Å². The quantitative estimate of drug-likeness (QED) is 0.771. The number of hydrogen-bond acceptors (Lipinski definition) is 2. The summed E-state index contributed by atoms with van der Waals surface area (Å²) in [6, 6.07) is 2.01. The first-order chi connectivity index (χ1) is 8.11. The number of carbonyl (C=O) groups excluding carboxylic acids is 1. The number of hydrogen-bond donors (Lipinski definition) is 0. The van der Waals surface area contributed by atoms with Crippen LogP contribution < -0.4 is 0 Å². The summed E-state index contributed by atoms with van der Waals surface area (Å²) in [7, 11) is 0. The van der Waals surface area contributed by atoms with Crippen molar-refractivity contribution < 1.29 is 4.79 Å². The Balaban J connectivity index is 2.02. The third-order valence-corrected chi connectivity index (χ3v) is 4.83. The van der Waals surface area contributed by atoms with Gasteiger partial charge in [0.15, 0.2) is 0 Å². The van der Waals surface area contributed by atoms with Gasteiger partial charge >= 0.3 is 0 Å². The molecule has 0 radical (unpaired) electrons. The maximum absolute atomic E-state index is 12.3. The number of likely N-dealkylation sites (tertiary alicyclic amines) is 1. The lowest BCUT2D eigenvalue weighted by molar-refractivity contribution is 0.0791. The van der Waals surface area contributed by atoms with E-state index in [0.717, 1.165) is 30.8 Å². The van der Waals surface area contributed by atoms with E-state index in [0.29, 0.717) is 11.8 Å². The fourth-order valence-electron chi connectivity index (χ4n) is 2.24. The van der Waals surface area contributed by atoms with E-state index in [4.69, 9.17) is 11.6 Å². The van der Waals surface area contributed by atoms with Gasteiger partial charge in [0.2, 0.25) is 0 Å². The van der Waals surface area contributed by atoms with Crippen LogP contribution in [0.5, 0.6) is 0 Å². The van der Waals surface area contributed by atoms with E-state index in [2.05, 4.69) is 13.8 Å². The van der Waals surface area contributed by atoms with Gasteiger partial charge < -0.3 is 4.90 Å². The summed E-state index contributed by atoms with van der Waals surface area (Å²) in [6.07, 6.45) is 2.12. The predicted molar refractivity (Wildman–Crippen MR) is 73.1 cm³/mol. The van der Waals surface area contributed by atoms with E-state index >= 15 is 0 Å². The Kier molecular flexibility index (Phi) is 4.10. The minimum atomic E-state index is 0.197. The van der Waals surface area contributed by atoms with Gasteiger partial charge in [0.1, 0.15) is 0 Å². The van der Waals surface area contributed by atoms with Gasteiger partial charge in [-0.1, -0.05) is 0 Å². The first kappa shape index (κ1) is 12.9. The Morgan fingerprint density at radius 1 is 1.59 bits per heavy atom. The number of rotatable bonds is 3. The molecule has 0 saturated carbocycles. The smallest absolute Gasteiger partial charge is 0.263 e. The fraction of sp³-hybridized carbons (Fsp3) is 0.615. The van der Waals surface area contributed by atoms with Crippen LogP contribution in [-0.2, 0) is 0 Å². The molecular weight excluding hydrogens is 254 g/mol. The highest BCUT2D eigenvalue weighted by Crippen LogP contribution is 2.26. The van der Waals surface area contributed by atoms with Gasteiger partial charge in [0, 0.05) is 23.8 Å². The normalized spacial score (nSPS) is 19.9. The standard InChI is InChI=1S/C13H18ClNOS/c1-9-7-12(17-10(9)2)13(16)15-6-4-11(8-15)3-5-14/h7,11H,3-6,8H2,1-2H3. The molecule has 1 saturated heterocycles. The third kappa shape index (κ3) is 2.83. The third-order valence-electron chi connectivity index (χ3n) is 3.47. The highest BCUT2D eigenvalue weighted by molar-refractivity contribution is 7.14. The van der Waals surface area contributed by atoms with E-state index < -0.39 is 0 Å². The molecule has 0 bridgehead atoms. The molecule has 0 N–H and O–H groups in total. The van der Waals surface area contributed by atoms with Gasteiger partial charge in [-0.25, -0.2) is 0 Å². The summed E-state index contributed by atoms with van der Waals surface area (Å²) in [5.41, 5.74) is 1.22. The fourth-order valence-corrected chi connectivity index (χ4v) is 3.55. The van der Waals surface area contributed by atoms with E-state index in [-0.39, 0.29) is 5.91 Å². The van der Waals surface area contributed by atoms with Crippen molar-refractivity contribution in [2.45, 2.75) is 26.7 Å². The molecule has 0 aliphatic carbocycles. The maximum Gasteiger partial charge on any atom is 0.263 e. The maximum atomic E-state index is 12.3. The minimum absolute atomic E-state index is 0.197. The molecule has 1 aliphatic heterocycles. The lowest BCUT2D eigenvalue weighted by Crippen LogP contribution is -2.28. The average molecular weight is 272 g/mol. The number of aryl methyl sites for hydroxylation is 2. The summed E-state index contributed by atoms with van der Waals surface area (Å²) in [6.45, 7) is 5.89. The number of halogens is 1. The molecule has 2 nitrogen and oxygen atoms in total. The van der Waals surface area contributed by atoms with Gasteiger partial charge in [-0.15, -0.1) is 22.9 Å². The zero-order valence-electron chi connectivity index (χ0n) is 10.3. The Morgan fingerprint density at radius 2 is 2.35 bits per heavy atom. The van der Waals surface area contributed by atoms with Crippen molar-refractivity contribution in [3.8, 4) is 0 Å². The molecule has 1 unspecified atom stereocenters. The number of carbonyl (C=O) groups is 1. The number of nitrogens with zero attached hydrogens (tertiary/aromatic N) is 1. The molecule has 2 rings (SSSR count). The Bertz CT molecular complexity index is 396. The molecule has 17 heavy (non-hydrogen) atoms. The van der Waals surface area contributed by atoms with Crippen LogP contribution in [0.1, 0.15) is 33.0 Å². The average Bonchev–Trinajstić information content (AvgIpc) is 2.87. The van der Waals surface area contributed by atoms with Crippen LogP contribution in [0.3, 0.4) is 0 Å². The largest absolute Gasteiger partial charge is 0.338 e. The van der Waals surface area contributed by atoms with Crippen molar-refractivity contribution in [2.75, 3.05) is 19.0 Å². The van der Waals surface area contributed by atoms with Crippen LogP contribution in [0.4, 0.5) is 0 Å². The van der Waals surface area contributed by atoms with Crippen molar-refractivity contribution in [1.82, 2.24) is 4.90 Å². The van der Waals surface area contributed by atoms with Crippen LogP contribution in [-0.4, -0.2) is 29.8 Å². The monoisotopic (exact) mass is 271 g/mol. The molecule has 94 valence electrons. The molecule has 4 heteroatoms. The Morgan fingerprint density at radius 3 is 2.94 bits per heavy atom. The SMILES string of the molecule is Cc1cc(C(=O)N2CCC(CCCl)C2)sc1C. The van der Waals surface area contributed by atoms with Crippen molar-refractivity contribution in [2.24, 2.45) is 5.92 Å². The number of alkyl halides is 1. The number of amides is 1. The molecule has 0 aromatic carbocycles. The van der Waals surface area contributed by atoms with E-state index in [9.17, 15) is 4.79 Å². The van der Waals surface area contributed by atoms with E-state index in [1.54, 1.807) is 11.3 Å². The van der Waals surface area contributed by atoms with E-state index in [1.807, 2.05) is 11.0 Å². The summed E-state index contributed by atoms with van der Waals surface area (Å²) in [5.74, 6) is 1.49. The molecule has 1 fully saturated rings. The van der Waals surface area contributed by atoms with Crippen LogP contribution in [0.25, 0.3) is 0 Å². The van der Waals surface area contributed by atoms with Gasteiger partial charge in [-0.3, -0.25) is 4.79 Å². The van der Waals surface area contributed by atoms with Crippen molar-refractivity contribution in [3.05, 3.63) is 21.4 Å². The van der Waals surface area contributed by atoms with Gasteiger partial charge in [-0.2, -0.15) is 0 Å². The molecule has 1 aromatic rings. The van der Waals surface area contributed by atoms with Crippen LogP contribution in [0.2, 0.25) is 0 Å². The zero-order valence-corrected chi connectivity index (χ0v) is 11.9. The molecule has 1 aliphatic rings. The van der Waals surface area contributed by atoms with Crippen molar-refractivity contribution in [1.29, 1.82) is 0 Å². The van der Waals surface area contributed by atoms with Gasteiger partial charge in [0.25, 0.3) is 5.91 Å². The first-order valence-corrected chi connectivity index (χ1v) is 7.39.